The van der Waals surface area contributed by atoms with E-state index in [1.807, 2.05) is 35.2 Å². The molecule has 2 heterocycles. The van der Waals surface area contributed by atoms with Crippen LogP contribution in [0.15, 0.2) is 47.1 Å². The summed E-state index contributed by atoms with van der Waals surface area (Å²) in [6.07, 6.45) is 4.53. The summed E-state index contributed by atoms with van der Waals surface area (Å²) in [4.78, 5) is 8.25. The molecular weight excluding hydrogens is 253 g/mol. The summed E-state index contributed by atoms with van der Waals surface area (Å²) in [5.41, 5.74) is 2.72. The summed E-state index contributed by atoms with van der Waals surface area (Å²) in [5.74, 6) is 1.41. The Kier molecular flexibility index (Phi) is 3.08. The Bertz CT molecular complexity index is 631. The summed E-state index contributed by atoms with van der Waals surface area (Å²) in [5, 5.41) is 0. The van der Waals surface area contributed by atoms with E-state index in [4.69, 9.17) is 0 Å². The maximum absolute atomic E-state index is 14.3. The number of anilines is 1. The summed E-state index contributed by atoms with van der Waals surface area (Å²) < 4.78 is 14.3. The molecule has 0 unspecified atom stereocenters. The Hall–Kier alpha value is -2.10. The maximum atomic E-state index is 14.3. The highest BCUT2D eigenvalue weighted by molar-refractivity contribution is 5.69. The van der Waals surface area contributed by atoms with E-state index in [1.165, 1.54) is 6.07 Å². The number of nitrogens with zero attached hydrogens (tertiary/aromatic N) is 3. The van der Waals surface area contributed by atoms with Crippen LogP contribution in [0, 0.1) is 5.82 Å². The van der Waals surface area contributed by atoms with Crippen molar-refractivity contribution < 1.29 is 4.39 Å². The second-order valence-corrected chi connectivity index (χ2v) is 5.07. The van der Waals surface area contributed by atoms with Crippen LogP contribution in [0.25, 0.3) is 0 Å². The van der Waals surface area contributed by atoms with Crippen LogP contribution in [0.4, 0.5) is 10.1 Å². The van der Waals surface area contributed by atoms with Crippen LogP contribution in [0.1, 0.15) is 25.3 Å². The molecule has 0 N–H and O–H groups in total. The molecule has 0 amide bonds. The van der Waals surface area contributed by atoms with E-state index in [2.05, 4.69) is 18.5 Å². The third-order valence-corrected chi connectivity index (χ3v) is 3.87. The van der Waals surface area contributed by atoms with Crippen LogP contribution in [0.5, 0.6) is 0 Å². The Balaban J connectivity index is 2.12. The minimum atomic E-state index is -0.222. The van der Waals surface area contributed by atoms with Crippen LogP contribution < -0.4 is 4.90 Å². The van der Waals surface area contributed by atoms with Gasteiger partial charge in [0.1, 0.15) is 11.6 Å². The lowest BCUT2D eigenvalue weighted by Crippen LogP contribution is -2.22. The fourth-order valence-corrected chi connectivity index (χ4v) is 2.69. The van der Waals surface area contributed by atoms with Crippen molar-refractivity contribution in [1.29, 1.82) is 0 Å². The number of hydrogen-bond donors (Lipinski definition) is 0. The van der Waals surface area contributed by atoms with Crippen molar-refractivity contribution >= 4 is 11.9 Å². The topological polar surface area (TPSA) is 18.8 Å². The fourth-order valence-electron chi connectivity index (χ4n) is 2.69. The Labute approximate surface area is 118 Å². The molecule has 0 fully saturated rings. The van der Waals surface area contributed by atoms with Crippen LogP contribution >= 0.6 is 0 Å². The molecule has 3 rings (SSSR count). The van der Waals surface area contributed by atoms with Gasteiger partial charge in [0.2, 0.25) is 0 Å². The molecule has 0 radical (unpaired) electrons. The minimum Gasteiger partial charge on any atom is -0.314 e. The first kappa shape index (κ1) is 12.9. The van der Waals surface area contributed by atoms with Gasteiger partial charge < -0.3 is 4.90 Å². The molecule has 4 heteroatoms. The van der Waals surface area contributed by atoms with Gasteiger partial charge in [-0.15, -0.1) is 0 Å². The first-order valence-electron chi connectivity index (χ1n) is 6.90. The zero-order valence-corrected chi connectivity index (χ0v) is 11.9. The normalized spacial score (nSPS) is 18.1. The first-order valence-corrected chi connectivity index (χ1v) is 6.90. The van der Waals surface area contributed by atoms with E-state index in [0.29, 0.717) is 5.69 Å². The molecule has 0 aliphatic carbocycles. The Morgan fingerprint density at radius 2 is 2.20 bits per heavy atom. The standard InChI is InChI=1S/C16H18FN3/c1-4-12-7-8-13(17)15(10-12)20-11(2)19(3)16-14(20)6-5-9-18-16/h7-10H,2,4-6H2,1,3H3. The zero-order chi connectivity index (χ0) is 14.3. The number of hydrogen-bond acceptors (Lipinski definition) is 3. The average molecular weight is 271 g/mol. The van der Waals surface area contributed by atoms with Gasteiger partial charge in [0, 0.05) is 13.3 Å². The summed E-state index contributed by atoms with van der Waals surface area (Å²) in [6.45, 7) is 6.15. The predicted octanol–water partition coefficient (Wildman–Crippen LogP) is 3.64. The van der Waals surface area contributed by atoms with E-state index in [1.54, 1.807) is 0 Å². The molecule has 0 atom stereocenters. The molecule has 2 aliphatic heterocycles. The number of halogens is 1. The molecule has 0 saturated carbocycles. The Morgan fingerprint density at radius 3 is 2.95 bits per heavy atom. The highest BCUT2D eigenvalue weighted by Gasteiger charge is 2.33. The van der Waals surface area contributed by atoms with Gasteiger partial charge in [-0.1, -0.05) is 19.6 Å². The lowest BCUT2D eigenvalue weighted by molar-refractivity contribution is 0.532. The molecule has 0 spiro atoms. The average Bonchev–Trinajstić information content (AvgIpc) is 2.72. The second-order valence-electron chi connectivity index (χ2n) is 5.07. The van der Waals surface area contributed by atoms with Crippen LogP contribution in [-0.4, -0.2) is 18.2 Å². The van der Waals surface area contributed by atoms with Gasteiger partial charge in [0.15, 0.2) is 5.82 Å². The predicted molar refractivity (Wildman–Crippen MR) is 79.9 cm³/mol. The lowest BCUT2D eigenvalue weighted by atomic mass is 10.1. The van der Waals surface area contributed by atoms with Crippen molar-refractivity contribution in [2.45, 2.75) is 26.2 Å². The monoisotopic (exact) mass is 271 g/mol. The molecule has 0 saturated heterocycles. The SMILES string of the molecule is C=C1N(C)C2=C(CCC=N2)N1c1cc(CC)ccc1F. The molecular formula is C16H18FN3. The molecule has 20 heavy (non-hydrogen) atoms. The molecule has 3 nitrogen and oxygen atoms in total. The lowest BCUT2D eigenvalue weighted by Gasteiger charge is -2.25. The fraction of sp³-hybridized carbons (Fsp3) is 0.312. The van der Waals surface area contributed by atoms with E-state index in [0.717, 1.165) is 42.2 Å². The molecule has 0 aromatic heterocycles. The quantitative estimate of drug-likeness (QED) is 0.817. The molecule has 2 aliphatic rings. The largest absolute Gasteiger partial charge is 0.314 e. The minimum absolute atomic E-state index is 0.222. The van der Waals surface area contributed by atoms with Gasteiger partial charge in [-0.05, 0) is 37.0 Å². The summed E-state index contributed by atoms with van der Waals surface area (Å²) in [7, 11) is 1.92. The van der Waals surface area contributed by atoms with Gasteiger partial charge in [0.05, 0.1) is 11.4 Å². The number of rotatable bonds is 2. The zero-order valence-electron chi connectivity index (χ0n) is 11.9. The van der Waals surface area contributed by atoms with Crippen molar-refractivity contribution in [2.24, 2.45) is 4.99 Å². The molecule has 1 aromatic rings. The highest BCUT2D eigenvalue weighted by Crippen LogP contribution is 2.40. The van der Waals surface area contributed by atoms with Gasteiger partial charge in [-0.2, -0.15) is 0 Å². The van der Waals surface area contributed by atoms with E-state index in [-0.39, 0.29) is 5.82 Å². The number of allylic oxidation sites excluding steroid dienone is 1. The van der Waals surface area contributed by atoms with Gasteiger partial charge in [-0.25, -0.2) is 9.38 Å². The van der Waals surface area contributed by atoms with Crippen LogP contribution in [-0.2, 0) is 6.42 Å². The number of aryl methyl sites for hydroxylation is 1. The van der Waals surface area contributed by atoms with Crippen LogP contribution in [0.3, 0.4) is 0 Å². The van der Waals surface area contributed by atoms with Gasteiger partial charge in [0.25, 0.3) is 0 Å². The van der Waals surface area contributed by atoms with E-state index in [9.17, 15) is 4.39 Å². The van der Waals surface area contributed by atoms with Crippen molar-refractivity contribution in [3.05, 3.63) is 53.5 Å². The number of aliphatic imine (C=N–C) groups is 1. The van der Waals surface area contributed by atoms with Gasteiger partial charge >= 0.3 is 0 Å². The van der Waals surface area contributed by atoms with Gasteiger partial charge in [-0.3, -0.25) is 4.90 Å². The second kappa shape index (κ2) is 4.78. The molecule has 0 bridgehead atoms. The third-order valence-electron chi connectivity index (χ3n) is 3.87. The smallest absolute Gasteiger partial charge is 0.153 e. The van der Waals surface area contributed by atoms with Crippen molar-refractivity contribution in [2.75, 3.05) is 11.9 Å². The van der Waals surface area contributed by atoms with Crippen molar-refractivity contribution in [3.8, 4) is 0 Å². The van der Waals surface area contributed by atoms with Crippen molar-refractivity contribution in [1.82, 2.24) is 4.90 Å². The summed E-state index contributed by atoms with van der Waals surface area (Å²) in [6, 6.07) is 5.27. The Morgan fingerprint density at radius 1 is 1.40 bits per heavy atom. The third kappa shape index (κ3) is 1.83. The first-order chi connectivity index (χ1) is 9.63. The summed E-state index contributed by atoms with van der Waals surface area (Å²) >= 11 is 0. The van der Waals surface area contributed by atoms with E-state index >= 15 is 0 Å². The van der Waals surface area contributed by atoms with Crippen molar-refractivity contribution in [3.63, 3.8) is 0 Å². The number of benzene rings is 1. The maximum Gasteiger partial charge on any atom is 0.153 e. The molecule has 104 valence electrons. The van der Waals surface area contributed by atoms with E-state index < -0.39 is 0 Å². The molecule has 1 aromatic carbocycles. The highest BCUT2D eigenvalue weighted by atomic mass is 19.1. The van der Waals surface area contributed by atoms with Crippen LogP contribution in [0.2, 0.25) is 0 Å².